The SMILES string of the molecule is CC1CCN(CC(=O)N2CCC(n3cc(-c4ncnc5[nH]ccc45)cn3)CC2)CC1. The van der Waals surface area contributed by atoms with Gasteiger partial charge in [-0.3, -0.25) is 14.4 Å². The van der Waals surface area contributed by atoms with Crippen LogP contribution in [-0.2, 0) is 4.79 Å². The van der Waals surface area contributed by atoms with Gasteiger partial charge in [0.2, 0.25) is 5.91 Å². The van der Waals surface area contributed by atoms with Crippen molar-refractivity contribution in [1.82, 2.24) is 34.5 Å². The summed E-state index contributed by atoms with van der Waals surface area (Å²) < 4.78 is 2.05. The molecule has 5 rings (SSSR count). The highest BCUT2D eigenvalue weighted by Crippen LogP contribution is 2.28. The van der Waals surface area contributed by atoms with E-state index in [9.17, 15) is 4.79 Å². The lowest BCUT2D eigenvalue weighted by Gasteiger charge is -2.35. The van der Waals surface area contributed by atoms with Crippen molar-refractivity contribution in [2.45, 2.75) is 38.6 Å². The fourth-order valence-electron chi connectivity index (χ4n) is 4.65. The molecule has 0 spiro atoms. The van der Waals surface area contributed by atoms with E-state index >= 15 is 0 Å². The van der Waals surface area contributed by atoms with Gasteiger partial charge < -0.3 is 9.88 Å². The molecule has 0 aliphatic carbocycles. The highest BCUT2D eigenvalue weighted by atomic mass is 16.2. The van der Waals surface area contributed by atoms with Crippen LogP contribution in [0.15, 0.2) is 31.0 Å². The van der Waals surface area contributed by atoms with Crippen LogP contribution in [0.4, 0.5) is 0 Å². The zero-order chi connectivity index (χ0) is 20.5. The van der Waals surface area contributed by atoms with Crippen LogP contribution >= 0.6 is 0 Å². The molecule has 0 saturated carbocycles. The van der Waals surface area contributed by atoms with E-state index in [0.717, 1.165) is 67.2 Å². The van der Waals surface area contributed by atoms with E-state index < -0.39 is 0 Å². The summed E-state index contributed by atoms with van der Waals surface area (Å²) in [5.41, 5.74) is 2.73. The molecule has 30 heavy (non-hydrogen) atoms. The predicted molar refractivity (Wildman–Crippen MR) is 115 cm³/mol. The maximum atomic E-state index is 12.7. The van der Waals surface area contributed by atoms with Crippen LogP contribution in [0.25, 0.3) is 22.3 Å². The lowest BCUT2D eigenvalue weighted by Crippen LogP contribution is -2.46. The second kappa shape index (κ2) is 8.18. The molecule has 8 heteroatoms. The maximum absolute atomic E-state index is 12.7. The van der Waals surface area contributed by atoms with Gasteiger partial charge in [-0.1, -0.05) is 6.92 Å². The molecule has 3 aromatic heterocycles. The molecule has 2 aliphatic rings. The summed E-state index contributed by atoms with van der Waals surface area (Å²) >= 11 is 0. The molecule has 158 valence electrons. The van der Waals surface area contributed by atoms with Gasteiger partial charge in [-0.2, -0.15) is 5.10 Å². The number of hydrogen-bond acceptors (Lipinski definition) is 5. The van der Waals surface area contributed by atoms with E-state index in [0.29, 0.717) is 12.6 Å². The highest BCUT2D eigenvalue weighted by Gasteiger charge is 2.26. The average Bonchev–Trinajstić information content (AvgIpc) is 3.45. The topological polar surface area (TPSA) is 82.9 Å². The van der Waals surface area contributed by atoms with Gasteiger partial charge in [0.05, 0.1) is 24.5 Å². The summed E-state index contributed by atoms with van der Waals surface area (Å²) in [4.78, 5) is 28.9. The smallest absolute Gasteiger partial charge is 0.236 e. The number of aromatic amines is 1. The standard InChI is InChI=1S/C22H29N7O/c1-16-3-8-27(9-4-16)14-20(30)28-10-5-18(6-11-28)29-13-17(12-26-29)21-19-2-7-23-22(19)25-15-24-21/h2,7,12-13,15-16,18H,3-6,8-11,14H2,1H3,(H,23,24,25). The van der Waals surface area contributed by atoms with Crippen LogP contribution in [0, 0.1) is 5.92 Å². The molecule has 2 saturated heterocycles. The summed E-state index contributed by atoms with van der Waals surface area (Å²) in [7, 11) is 0. The number of piperidine rings is 2. The van der Waals surface area contributed by atoms with E-state index in [4.69, 9.17) is 0 Å². The Morgan fingerprint density at radius 3 is 2.73 bits per heavy atom. The summed E-state index contributed by atoms with van der Waals surface area (Å²) in [6.07, 6.45) is 11.7. The van der Waals surface area contributed by atoms with Crippen molar-refractivity contribution in [2.24, 2.45) is 5.92 Å². The third-order valence-electron chi connectivity index (χ3n) is 6.66. The number of aromatic nitrogens is 5. The maximum Gasteiger partial charge on any atom is 0.236 e. The number of nitrogens with one attached hydrogen (secondary N) is 1. The minimum absolute atomic E-state index is 0.278. The van der Waals surface area contributed by atoms with Gasteiger partial charge in [-0.15, -0.1) is 0 Å². The molecule has 1 N–H and O–H groups in total. The highest BCUT2D eigenvalue weighted by molar-refractivity contribution is 5.90. The van der Waals surface area contributed by atoms with Crippen LogP contribution in [0.5, 0.6) is 0 Å². The van der Waals surface area contributed by atoms with Crippen molar-refractivity contribution in [3.8, 4) is 11.3 Å². The van der Waals surface area contributed by atoms with Crippen molar-refractivity contribution >= 4 is 16.9 Å². The lowest BCUT2D eigenvalue weighted by atomic mass is 9.99. The molecule has 8 nitrogen and oxygen atoms in total. The predicted octanol–water partition coefficient (Wildman–Crippen LogP) is 2.72. The second-order valence-electron chi connectivity index (χ2n) is 8.74. The van der Waals surface area contributed by atoms with E-state index in [1.807, 2.05) is 28.0 Å². The van der Waals surface area contributed by atoms with Crippen LogP contribution in [-0.4, -0.2) is 73.2 Å². The Hall–Kier alpha value is -2.74. The van der Waals surface area contributed by atoms with Crippen molar-refractivity contribution in [2.75, 3.05) is 32.7 Å². The number of H-pyrrole nitrogens is 1. The van der Waals surface area contributed by atoms with Gasteiger partial charge in [0.15, 0.2) is 0 Å². The second-order valence-corrected chi connectivity index (χ2v) is 8.74. The number of likely N-dealkylation sites (tertiary alicyclic amines) is 2. The number of hydrogen-bond donors (Lipinski definition) is 1. The Bertz CT molecular complexity index is 1010. The Kier molecular flexibility index (Phi) is 5.25. The number of fused-ring (bicyclic) bond motifs is 1. The molecule has 5 heterocycles. The van der Waals surface area contributed by atoms with Gasteiger partial charge in [0.1, 0.15) is 12.0 Å². The number of nitrogens with zero attached hydrogens (tertiary/aromatic N) is 6. The molecule has 3 aromatic rings. The summed E-state index contributed by atoms with van der Waals surface area (Å²) in [5.74, 6) is 1.07. The van der Waals surface area contributed by atoms with E-state index in [1.165, 1.54) is 12.8 Å². The zero-order valence-electron chi connectivity index (χ0n) is 17.5. The molecule has 0 radical (unpaired) electrons. The average molecular weight is 408 g/mol. The van der Waals surface area contributed by atoms with E-state index in [1.54, 1.807) is 6.33 Å². The Morgan fingerprint density at radius 1 is 1.13 bits per heavy atom. The van der Waals surface area contributed by atoms with Gasteiger partial charge in [0, 0.05) is 36.4 Å². The molecular formula is C22H29N7O. The number of rotatable bonds is 4. The molecule has 0 unspecified atom stereocenters. The van der Waals surface area contributed by atoms with Gasteiger partial charge >= 0.3 is 0 Å². The first-order chi connectivity index (χ1) is 14.7. The minimum atomic E-state index is 0.278. The van der Waals surface area contributed by atoms with Gasteiger partial charge in [-0.25, -0.2) is 9.97 Å². The quantitative estimate of drug-likeness (QED) is 0.719. The summed E-state index contributed by atoms with van der Waals surface area (Å²) in [6.45, 7) is 6.59. The largest absolute Gasteiger partial charge is 0.346 e. The molecule has 2 aliphatic heterocycles. The van der Waals surface area contributed by atoms with Crippen molar-refractivity contribution < 1.29 is 4.79 Å². The minimum Gasteiger partial charge on any atom is -0.346 e. The lowest BCUT2D eigenvalue weighted by molar-refractivity contribution is -0.134. The fraction of sp³-hybridized carbons (Fsp3) is 0.545. The first-order valence-electron chi connectivity index (χ1n) is 11.0. The van der Waals surface area contributed by atoms with Crippen molar-refractivity contribution in [1.29, 1.82) is 0 Å². The molecule has 2 fully saturated rings. The number of carbonyl (C=O) groups excluding carboxylic acids is 1. The van der Waals surface area contributed by atoms with Gasteiger partial charge in [-0.05, 0) is 50.8 Å². The normalized spacial score (nSPS) is 19.6. The summed E-state index contributed by atoms with van der Waals surface area (Å²) in [6, 6.07) is 2.32. The van der Waals surface area contributed by atoms with E-state index in [2.05, 4.69) is 38.1 Å². The van der Waals surface area contributed by atoms with Crippen LogP contribution in [0.3, 0.4) is 0 Å². The van der Waals surface area contributed by atoms with Crippen molar-refractivity contribution in [3.05, 3.63) is 31.0 Å². The van der Waals surface area contributed by atoms with Crippen molar-refractivity contribution in [3.63, 3.8) is 0 Å². The third-order valence-corrected chi connectivity index (χ3v) is 6.66. The van der Waals surface area contributed by atoms with Crippen LogP contribution < -0.4 is 0 Å². The Morgan fingerprint density at radius 2 is 1.93 bits per heavy atom. The molecular weight excluding hydrogens is 378 g/mol. The van der Waals surface area contributed by atoms with Crippen LogP contribution in [0.2, 0.25) is 0 Å². The third kappa shape index (κ3) is 3.84. The molecule has 0 aromatic carbocycles. The molecule has 0 bridgehead atoms. The first kappa shape index (κ1) is 19.2. The number of carbonyl (C=O) groups is 1. The first-order valence-corrected chi connectivity index (χ1v) is 11.0. The Balaban J connectivity index is 1.19. The van der Waals surface area contributed by atoms with E-state index in [-0.39, 0.29) is 5.91 Å². The zero-order valence-corrected chi connectivity index (χ0v) is 17.5. The molecule has 1 amide bonds. The molecule has 0 atom stereocenters. The fourth-order valence-corrected chi connectivity index (χ4v) is 4.65. The van der Waals surface area contributed by atoms with Gasteiger partial charge in [0.25, 0.3) is 0 Å². The summed E-state index contributed by atoms with van der Waals surface area (Å²) in [5, 5.41) is 5.62. The number of amides is 1. The Labute approximate surface area is 176 Å². The monoisotopic (exact) mass is 407 g/mol. The van der Waals surface area contributed by atoms with Crippen LogP contribution in [0.1, 0.15) is 38.6 Å².